The minimum Gasteiger partial charge on any atom is -0.380 e. The molecule has 0 unspecified atom stereocenters. The normalized spacial score (nSPS) is 15.2. The maximum absolute atomic E-state index is 12.8. The Hall–Kier alpha value is -2.52. The molecule has 2 aromatic rings. The maximum Gasteiger partial charge on any atom is 0.187 e. The number of aromatic nitrogens is 3. The van der Waals surface area contributed by atoms with E-state index in [0.29, 0.717) is 18.0 Å². The van der Waals surface area contributed by atoms with Crippen molar-refractivity contribution < 1.29 is 9.53 Å². The lowest BCUT2D eigenvalue weighted by Crippen LogP contribution is -2.17. The van der Waals surface area contributed by atoms with E-state index in [1.807, 2.05) is 16.7 Å². The van der Waals surface area contributed by atoms with Gasteiger partial charge in [0.2, 0.25) is 0 Å². The number of nitriles is 1. The van der Waals surface area contributed by atoms with Crippen molar-refractivity contribution in [1.29, 1.82) is 5.26 Å². The van der Waals surface area contributed by atoms with Crippen molar-refractivity contribution in [1.82, 2.24) is 14.8 Å². The smallest absolute Gasteiger partial charge is 0.187 e. The molecule has 6 nitrogen and oxygen atoms in total. The Morgan fingerprint density at radius 3 is 2.79 bits per heavy atom. The van der Waals surface area contributed by atoms with Gasteiger partial charge in [0.05, 0.1) is 12.7 Å². The first-order valence-corrected chi connectivity index (χ1v) is 8.18. The molecular weight excluding hydrogens is 304 g/mol. The lowest BCUT2D eigenvalue weighted by Gasteiger charge is -2.11. The third kappa shape index (κ3) is 3.22. The van der Waals surface area contributed by atoms with Gasteiger partial charge in [-0.25, -0.2) is 0 Å². The second-order valence-corrected chi connectivity index (χ2v) is 5.99. The molecule has 0 spiro atoms. The molecule has 1 aliphatic rings. The lowest BCUT2D eigenvalue weighted by molar-refractivity contribution is 0.0974. The first kappa shape index (κ1) is 16.3. The molecule has 1 atom stereocenters. The Morgan fingerprint density at radius 1 is 1.29 bits per heavy atom. The second kappa shape index (κ2) is 7.37. The van der Waals surface area contributed by atoms with Gasteiger partial charge in [0.15, 0.2) is 17.5 Å². The Morgan fingerprint density at radius 2 is 2.08 bits per heavy atom. The van der Waals surface area contributed by atoms with Gasteiger partial charge in [-0.05, 0) is 18.4 Å². The molecule has 0 aliphatic carbocycles. The van der Waals surface area contributed by atoms with E-state index in [1.54, 1.807) is 19.2 Å². The molecular formula is C18H20N4O2. The zero-order valence-electron chi connectivity index (χ0n) is 13.7. The number of carbonyl (C=O) groups excluding carboxylic acids is 1. The minimum atomic E-state index is -0.919. The van der Waals surface area contributed by atoms with Gasteiger partial charge in [0.25, 0.3) is 0 Å². The molecule has 0 fully saturated rings. The molecule has 1 aliphatic heterocycles. The number of hydrogen-bond acceptors (Lipinski definition) is 5. The first-order chi connectivity index (χ1) is 11.7. The van der Waals surface area contributed by atoms with Crippen LogP contribution in [0.4, 0.5) is 0 Å². The highest BCUT2D eigenvalue weighted by Gasteiger charge is 2.29. The topological polar surface area (TPSA) is 80.8 Å². The van der Waals surface area contributed by atoms with Gasteiger partial charge < -0.3 is 9.30 Å². The highest BCUT2D eigenvalue weighted by molar-refractivity contribution is 6.02. The van der Waals surface area contributed by atoms with E-state index in [9.17, 15) is 10.1 Å². The van der Waals surface area contributed by atoms with Crippen LogP contribution in [0.25, 0.3) is 0 Å². The summed E-state index contributed by atoms with van der Waals surface area (Å²) in [7, 11) is 1.63. The van der Waals surface area contributed by atoms with E-state index in [4.69, 9.17) is 4.74 Å². The fourth-order valence-corrected chi connectivity index (χ4v) is 3.05. The molecule has 3 rings (SSSR count). The summed E-state index contributed by atoms with van der Waals surface area (Å²) in [6.45, 7) is 1.27. The predicted molar refractivity (Wildman–Crippen MR) is 87.4 cm³/mol. The van der Waals surface area contributed by atoms with Crippen LogP contribution in [0.3, 0.4) is 0 Å². The monoisotopic (exact) mass is 324 g/mol. The summed E-state index contributed by atoms with van der Waals surface area (Å²) in [5, 5.41) is 17.9. The summed E-state index contributed by atoms with van der Waals surface area (Å²) < 4.78 is 7.03. The van der Waals surface area contributed by atoms with E-state index in [0.717, 1.165) is 43.6 Å². The number of ketones is 1. The highest BCUT2D eigenvalue weighted by Crippen LogP contribution is 2.23. The number of methoxy groups -OCH3 is 1. The van der Waals surface area contributed by atoms with E-state index in [-0.39, 0.29) is 5.78 Å². The molecule has 0 saturated heterocycles. The van der Waals surface area contributed by atoms with Crippen LogP contribution >= 0.6 is 0 Å². The number of benzene rings is 1. The van der Waals surface area contributed by atoms with Gasteiger partial charge in [0.1, 0.15) is 5.82 Å². The van der Waals surface area contributed by atoms with Crippen molar-refractivity contribution in [3.63, 3.8) is 0 Å². The number of carbonyl (C=O) groups is 1. The van der Waals surface area contributed by atoms with Gasteiger partial charge in [-0.1, -0.05) is 30.7 Å². The van der Waals surface area contributed by atoms with Crippen LogP contribution in [-0.2, 0) is 24.3 Å². The van der Waals surface area contributed by atoms with E-state index >= 15 is 0 Å². The number of aryl methyl sites for hydroxylation is 1. The molecule has 2 heterocycles. The number of ether oxygens (including phenoxy) is 1. The summed E-state index contributed by atoms with van der Waals surface area (Å²) in [6, 6.07) is 9.27. The summed E-state index contributed by atoms with van der Waals surface area (Å²) in [5.74, 6) is 0.199. The third-order valence-electron chi connectivity index (χ3n) is 4.34. The predicted octanol–water partition coefficient (Wildman–Crippen LogP) is 2.64. The highest BCUT2D eigenvalue weighted by atomic mass is 16.5. The largest absolute Gasteiger partial charge is 0.380 e. The van der Waals surface area contributed by atoms with E-state index < -0.39 is 5.92 Å². The minimum absolute atomic E-state index is 0.235. The number of Topliss-reactive ketones (excluding diaryl/α,β-unsaturated/α-hetero) is 1. The van der Waals surface area contributed by atoms with Crippen molar-refractivity contribution in [3.8, 4) is 6.07 Å². The standard InChI is InChI=1S/C18H20N4O2/c1-24-12-13-6-8-14(9-7-13)17(23)15(11-19)18-21-20-16-5-3-2-4-10-22(16)18/h6-9,15H,2-5,10,12H2,1H3/t15-/m0/s1. The third-order valence-corrected chi connectivity index (χ3v) is 4.34. The Balaban J connectivity index is 1.87. The van der Waals surface area contributed by atoms with Crippen molar-refractivity contribution in [2.24, 2.45) is 0 Å². The Kier molecular flexibility index (Phi) is 5.02. The molecule has 0 saturated carbocycles. The van der Waals surface area contributed by atoms with Crippen LogP contribution in [0.15, 0.2) is 24.3 Å². The van der Waals surface area contributed by atoms with Gasteiger partial charge >= 0.3 is 0 Å². The van der Waals surface area contributed by atoms with Gasteiger partial charge in [-0.3, -0.25) is 4.79 Å². The number of hydrogen-bond donors (Lipinski definition) is 0. The summed E-state index contributed by atoms with van der Waals surface area (Å²) in [5.41, 5.74) is 1.49. The van der Waals surface area contributed by atoms with E-state index in [1.165, 1.54) is 0 Å². The number of nitrogens with zero attached hydrogens (tertiary/aromatic N) is 4. The molecule has 1 aromatic carbocycles. The van der Waals surface area contributed by atoms with Crippen LogP contribution in [0, 0.1) is 11.3 Å². The van der Waals surface area contributed by atoms with Gasteiger partial charge in [0, 0.05) is 25.6 Å². The van der Waals surface area contributed by atoms with Crippen LogP contribution < -0.4 is 0 Å². The average Bonchev–Trinajstić information content (AvgIpc) is 2.85. The second-order valence-electron chi connectivity index (χ2n) is 5.99. The number of rotatable bonds is 5. The SMILES string of the molecule is COCc1ccc(C(=O)[C@H](C#N)c2nnc3n2CCCCC3)cc1. The molecule has 6 heteroatoms. The molecule has 0 N–H and O–H groups in total. The summed E-state index contributed by atoms with van der Waals surface area (Å²) in [4.78, 5) is 12.8. The fourth-order valence-electron chi connectivity index (χ4n) is 3.05. The van der Waals surface area contributed by atoms with Crippen molar-refractivity contribution in [2.45, 2.75) is 44.8 Å². The zero-order valence-corrected chi connectivity index (χ0v) is 13.7. The first-order valence-electron chi connectivity index (χ1n) is 8.18. The van der Waals surface area contributed by atoms with Crippen molar-refractivity contribution >= 4 is 5.78 Å². The molecule has 0 radical (unpaired) electrons. The van der Waals surface area contributed by atoms with Gasteiger partial charge in [-0.2, -0.15) is 5.26 Å². The summed E-state index contributed by atoms with van der Waals surface area (Å²) >= 11 is 0. The van der Waals surface area contributed by atoms with E-state index in [2.05, 4.69) is 16.3 Å². The van der Waals surface area contributed by atoms with Crippen LogP contribution in [0.2, 0.25) is 0 Å². The molecule has 1 aromatic heterocycles. The average molecular weight is 324 g/mol. The molecule has 24 heavy (non-hydrogen) atoms. The summed E-state index contributed by atoms with van der Waals surface area (Å²) in [6.07, 6.45) is 4.08. The van der Waals surface area contributed by atoms with Crippen molar-refractivity contribution in [2.75, 3.05) is 7.11 Å². The van der Waals surface area contributed by atoms with Gasteiger partial charge in [-0.15, -0.1) is 10.2 Å². The molecule has 0 bridgehead atoms. The Bertz CT molecular complexity index is 758. The molecule has 0 amide bonds. The van der Waals surface area contributed by atoms with Crippen LogP contribution in [0.1, 0.15) is 52.8 Å². The Labute approximate surface area is 141 Å². The molecule has 124 valence electrons. The van der Waals surface area contributed by atoms with Crippen LogP contribution in [0.5, 0.6) is 0 Å². The quantitative estimate of drug-likeness (QED) is 0.790. The zero-order chi connectivity index (χ0) is 16.9. The lowest BCUT2D eigenvalue weighted by atomic mass is 9.97. The maximum atomic E-state index is 12.8. The fraction of sp³-hybridized carbons (Fsp3) is 0.444. The van der Waals surface area contributed by atoms with Crippen LogP contribution in [-0.4, -0.2) is 27.7 Å². The number of fused-ring (bicyclic) bond motifs is 1. The van der Waals surface area contributed by atoms with Crippen molar-refractivity contribution in [3.05, 3.63) is 47.0 Å².